The van der Waals surface area contributed by atoms with Crippen molar-refractivity contribution in [2.24, 2.45) is 0 Å². The molecular formula is C18H16ClN5. The zero-order valence-electron chi connectivity index (χ0n) is 13.0. The Kier molecular flexibility index (Phi) is 4.01. The third kappa shape index (κ3) is 3.16. The van der Waals surface area contributed by atoms with Crippen LogP contribution in [0.15, 0.2) is 54.7 Å². The molecule has 3 aromatic rings. The van der Waals surface area contributed by atoms with Gasteiger partial charge in [-0.25, -0.2) is 0 Å². The van der Waals surface area contributed by atoms with Crippen LogP contribution in [-0.4, -0.2) is 21.7 Å². The molecule has 0 amide bonds. The lowest BCUT2D eigenvalue weighted by atomic mass is 10.0. The Morgan fingerprint density at radius 3 is 2.62 bits per heavy atom. The molecule has 1 aliphatic heterocycles. The molecule has 0 saturated carbocycles. The molecule has 2 heterocycles. The second-order valence-electron chi connectivity index (χ2n) is 5.71. The predicted octanol–water partition coefficient (Wildman–Crippen LogP) is 3.83. The molecule has 4 rings (SSSR count). The van der Waals surface area contributed by atoms with Crippen LogP contribution in [0, 0.1) is 0 Å². The smallest absolute Gasteiger partial charge is 0.247 e. The Morgan fingerprint density at radius 2 is 1.79 bits per heavy atom. The highest BCUT2D eigenvalue weighted by Crippen LogP contribution is 2.23. The number of benzene rings is 2. The van der Waals surface area contributed by atoms with Crippen LogP contribution in [0.5, 0.6) is 0 Å². The van der Waals surface area contributed by atoms with Crippen LogP contribution in [-0.2, 0) is 13.0 Å². The maximum atomic E-state index is 5.91. The van der Waals surface area contributed by atoms with E-state index in [1.807, 2.05) is 24.3 Å². The number of hydrogen-bond donors (Lipinski definition) is 1. The summed E-state index contributed by atoms with van der Waals surface area (Å²) in [4.78, 5) is 6.75. The van der Waals surface area contributed by atoms with Crippen molar-refractivity contribution < 1.29 is 0 Å². The summed E-state index contributed by atoms with van der Waals surface area (Å²) in [6, 6.07) is 16.0. The SMILES string of the molecule is Clc1ccc(Nc2cnnc(N3CCc4ccccc4C3)n2)cc1. The van der Waals surface area contributed by atoms with Gasteiger partial charge in [0.2, 0.25) is 5.95 Å². The van der Waals surface area contributed by atoms with Gasteiger partial charge in [0.1, 0.15) is 0 Å². The largest absolute Gasteiger partial charge is 0.339 e. The summed E-state index contributed by atoms with van der Waals surface area (Å²) in [5.74, 6) is 1.31. The molecule has 0 radical (unpaired) electrons. The van der Waals surface area contributed by atoms with Crippen LogP contribution < -0.4 is 10.2 Å². The second-order valence-corrected chi connectivity index (χ2v) is 6.15. The molecule has 24 heavy (non-hydrogen) atoms. The number of nitrogens with one attached hydrogen (secondary N) is 1. The number of hydrogen-bond acceptors (Lipinski definition) is 5. The first kappa shape index (κ1) is 14.9. The average Bonchev–Trinajstić information content (AvgIpc) is 2.63. The molecule has 1 aliphatic rings. The molecule has 0 atom stereocenters. The standard InChI is InChI=1S/C18H16ClN5/c19-15-5-7-16(8-6-15)21-17-11-20-23-18(22-17)24-10-9-13-3-1-2-4-14(13)12-24/h1-8,11H,9-10,12H2,(H,21,22,23). The number of halogens is 1. The van der Waals surface area contributed by atoms with Gasteiger partial charge in [0, 0.05) is 23.8 Å². The first-order valence-electron chi connectivity index (χ1n) is 7.82. The van der Waals surface area contributed by atoms with E-state index in [9.17, 15) is 0 Å². The lowest BCUT2D eigenvalue weighted by Crippen LogP contribution is -2.32. The molecule has 6 heteroatoms. The number of anilines is 3. The molecule has 5 nitrogen and oxygen atoms in total. The Bertz CT molecular complexity index is 850. The number of fused-ring (bicyclic) bond motifs is 1. The van der Waals surface area contributed by atoms with Crippen molar-refractivity contribution in [3.8, 4) is 0 Å². The highest BCUT2D eigenvalue weighted by Gasteiger charge is 2.18. The number of rotatable bonds is 3. The Labute approximate surface area is 145 Å². The zero-order valence-corrected chi connectivity index (χ0v) is 13.7. The number of aromatic nitrogens is 3. The summed E-state index contributed by atoms with van der Waals surface area (Å²) in [6.07, 6.45) is 2.62. The molecule has 0 spiro atoms. The molecular weight excluding hydrogens is 322 g/mol. The fraction of sp³-hybridized carbons (Fsp3) is 0.167. The third-order valence-corrected chi connectivity index (χ3v) is 4.33. The summed E-state index contributed by atoms with van der Waals surface area (Å²) in [6.45, 7) is 1.70. The minimum Gasteiger partial charge on any atom is -0.339 e. The predicted molar refractivity (Wildman–Crippen MR) is 95.8 cm³/mol. The van der Waals surface area contributed by atoms with Crippen LogP contribution in [0.3, 0.4) is 0 Å². The molecule has 0 bridgehead atoms. The quantitative estimate of drug-likeness (QED) is 0.787. The molecule has 2 aromatic carbocycles. The van der Waals surface area contributed by atoms with E-state index in [1.165, 1.54) is 11.1 Å². The van der Waals surface area contributed by atoms with E-state index in [1.54, 1.807) is 6.20 Å². The fourth-order valence-corrected chi connectivity index (χ4v) is 2.96. The van der Waals surface area contributed by atoms with Gasteiger partial charge in [-0.15, -0.1) is 5.10 Å². The Morgan fingerprint density at radius 1 is 1.00 bits per heavy atom. The molecule has 1 aromatic heterocycles. The maximum Gasteiger partial charge on any atom is 0.247 e. The van der Waals surface area contributed by atoms with Crippen molar-refractivity contribution >= 4 is 29.1 Å². The van der Waals surface area contributed by atoms with Crippen molar-refractivity contribution in [3.63, 3.8) is 0 Å². The third-order valence-electron chi connectivity index (χ3n) is 4.08. The van der Waals surface area contributed by atoms with Gasteiger partial charge in [-0.05, 0) is 41.8 Å². The van der Waals surface area contributed by atoms with Gasteiger partial charge in [0.25, 0.3) is 0 Å². The van der Waals surface area contributed by atoms with Gasteiger partial charge in [0.05, 0.1) is 6.20 Å². The minimum atomic E-state index is 0.642. The van der Waals surface area contributed by atoms with E-state index >= 15 is 0 Å². The van der Waals surface area contributed by atoms with Gasteiger partial charge < -0.3 is 10.2 Å². The van der Waals surface area contributed by atoms with Gasteiger partial charge in [0.15, 0.2) is 5.82 Å². The van der Waals surface area contributed by atoms with Crippen molar-refractivity contribution in [2.75, 3.05) is 16.8 Å². The van der Waals surface area contributed by atoms with Crippen molar-refractivity contribution in [2.45, 2.75) is 13.0 Å². The van der Waals surface area contributed by atoms with Gasteiger partial charge in [-0.2, -0.15) is 10.1 Å². The van der Waals surface area contributed by atoms with E-state index in [4.69, 9.17) is 11.6 Å². The second kappa shape index (κ2) is 6.45. The van der Waals surface area contributed by atoms with Crippen LogP contribution >= 0.6 is 11.6 Å². The highest BCUT2D eigenvalue weighted by atomic mass is 35.5. The minimum absolute atomic E-state index is 0.642. The summed E-state index contributed by atoms with van der Waals surface area (Å²) in [7, 11) is 0. The topological polar surface area (TPSA) is 53.9 Å². The van der Waals surface area contributed by atoms with E-state index in [-0.39, 0.29) is 0 Å². The average molecular weight is 338 g/mol. The van der Waals surface area contributed by atoms with Gasteiger partial charge >= 0.3 is 0 Å². The Hall–Kier alpha value is -2.66. The van der Waals surface area contributed by atoms with Crippen molar-refractivity contribution in [3.05, 3.63) is 70.9 Å². The van der Waals surface area contributed by atoms with E-state index in [0.29, 0.717) is 16.8 Å². The monoisotopic (exact) mass is 337 g/mol. The summed E-state index contributed by atoms with van der Waals surface area (Å²) >= 11 is 5.91. The Balaban J connectivity index is 1.54. The van der Waals surface area contributed by atoms with E-state index < -0.39 is 0 Å². The normalized spacial score (nSPS) is 13.5. The maximum absolute atomic E-state index is 5.91. The lowest BCUT2D eigenvalue weighted by molar-refractivity contribution is 0.698. The van der Waals surface area contributed by atoms with Crippen LogP contribution in [0.4, 0.5) is 17.5 Å². The van der Waals surface area contributed by atoms with E-state index in [0.717, 1.165) is 25.2 Å². The van der Waals surface area contributed by atoms with Crippen molar-refractivity contribution in [1.82, 2.24) is 15.2 Å². The van der Waals surface area contributed by atoms with Crippen LogP contribution in [0.2, 0.25) is 5.02 Å². The highest BCUT2D eigenvalue weighted by molar-refractivity contribution is 6.30. The first-order chi connectivity index (χ1) is 11.8. The molecule has 0 aliphatic carbocycles. The zero-order chi connectivity index (χ0) is 16.4. The summed E-state index contributed by atoms with van der Waals surface area (Å²) in [5.41, 5.74) is 3.63. The van der Waals surface area contributed by atoms with Crippen molar-refractivity contribution in [1.29, 1.82) is 0 Å². The fourth-order valence-electron chi connectivity index (χ4n) is 2.84. The van der Waals surface area contributed by atoms with Crippen LogP contribution in [0.1, 0.15) is 11.1 Å². The molecule has 0 fully saturated rings. The first-order valence-corrected chi connectivity index (χ1v) is 8.20. The molecule has 1 N–H and O–H groups in total. The van der Waals surface area contributed by atoms with Gasteiger partial charge in [-0.1, -0.05) is 35.9 Å². The molecule has 0 saturated heterocycles. The van der Waals surface area contributed by atoms with Gasteiger partial charge in [-0.3, -0.25) is 0 Å². The molecule has 0 unspecified atom stereocenters. The van der Waals surface area contributed by atoms with E-state index in [2.05, 4.69) is 49.7 Å². The summed E-state index contributed by atoms with van der Waals surface area (Å²) < 4.78 is 0. The lowest BCUT2D eigenvalue weighted by Gasteiger charge is -2.28. The summed E-state index contributed by atoms with van der Waals surface area (Å²) in [5, 5.41) is 12.2. The number of nitrogens with zero attached hydrogens (tertiary/aromatic N) is 4. The molecule has 120 valence electrons. The van der Waals surface area contributed by atoms with Crippen LogP contribution in [0.25, 0.3) is 0 Å².